The van der Waals surface area contributed by atoms with Crippen molar-refractivity contribution >= 4 is 0 Å². The molecule has 2 heteroatoms. The minimum absolute atomic E-state index is 1.21. The van der Waals surface area contributed by atoms with Gasteiger partial charge in [0.2, 0.25) is 0 Å². The molecule has 0 saturated heterocycles. The van der Waals surface area contributed by atoms with Crippen LogP contribution in [0, 0.1) is 0 Å². The van der Waals surface area contributed by atoms with E-state index in [4.69, 9.17) is 0 Å². The molecule has 1 aromatic heterocycles. The number of unbranched alkanes of at least 4 members (excludes halogenated alkanes) is 8. The highest BCUT2D eigenvalue weighted by atomic mass is 15.1. The maximum atomic E-state index is 2.52. The molecule has 1 heterocycles. The summed E-state index contributed by atoms with van der Waals surface area (Å²) >= 11 is 0. The van der Waals surface area contributed by atoms with Crippen LogP contribution in [-0.4, -0.2) is 4.57 Å². The van der Waals surface area contributed by atoms with Crippen LogP contribution in [0.5, 0.6) is 0 Å². The quantitative estimate of drug-likeness (QED) is 0.309. The number of hydrogen-bond donors (Lipinski definition) is 0. The first-order chi connectivity index (χ1) is 10.8. The summed E-state index contributed by atoms with van der Waals surface area (Å²) in [5.41, 5.74) is 0. The lowest BCUT2D eigenvalue weighted by atomic mass is 10.1. The fourth-order valence-electron chi connectivity index (χ4n) is 3.19. The van der Waals surface area contributed by atoms with Gasteiger partial charge in [0, 0.05) is 6.42 Å². The average molecular weight is 308 g/mol. The lowest BCUT2D eigenvalue weighted by Gasteiger charge is -2.05. The number of aryl methyl sites for hydroxylation is 2. The van der Waals surface area contributed by atoms with E-state index in [1.165, 1.54) is 90.1 Å². The summed E-state index contributed by atoms with van der Waals surface area (Å²) in [6.07, 6.45) is 20.8. The summed E-state index contributed by atoms with van der Waals surface area (Å²) in [7, 11) is 0. The summed E-state index contributed by atoms with van der Waals surface area (Å²) in [4.78, 5) is 0. The molecule has 0 aliphatic rings. The van der Waals surface area contributed by atoms with Crippen molar-refractivity contribution < 1.29 is 4.57 Å². The number of aromatic nitrogens is 2. The van der Waals surface area contributed by atoms with Gasteiger partial charge >= 0.3 is 0 Å². The Balaban J connectivity index is 2.39. The molecule has 0 atom stereocenters. The third-order valence-corrected chi connectivity index (χ3v) is 4.57. The van der Waals surface area contributed by atoms with E-state index in [-0.39, 0.29) is 0 Å². The van der Waals surface area contributed by atoms with Crippen LogP contribution in [0.2, 0.25) is 0 Å². The molecule has 0 spiro atoms. The van der Waals surface area contributed by atoms with Gasteiger partial charge in [-0.05, 0) is 32.1 Å². The molecule has 0 fully saturated rings. The topological polar surface area (TPSA) is 8.81 Å². The number of imidazole rings is 1. The van der Waals surface area contributed by atoms with Gasteiger partial charge in [-0.1, -0.05) is 59.3 Å². The molecular formula is C20H39N2+. The summed E-state index contributed by atoms with van der Waals surface area (Å²) in [6, 6.07) is 0. The van der Waals surface area contributed by atoms with E-state index >= 15 is 0 Å². The molecular weight excluding hydrogens is 268 g/mol. The van der Waals surface area contributed by atoms with Crippen LogP contribution >= 0.6 is 0 Å². The SMILES string of the molecule is CCCCCCCC[n+]1ccn(CCCCCC)c1CCC. The molecule has 22 heavy (non-hydrogen) atoms. The minimum atomic E-state index is 1.21. The van der Waals surface area contributed by atoms with E-state index in [1.54, 1.807) is 5.82 Å². The monoisotopic (exact) mass is 307 g/mol. The Labute approximate surface area is 138 Å². The van der Waals surface area contributed by atoms with Crippen molar-refractivity contribution in [2.75, 3.05) is 0 Å². The van der Waals surface area contributed by atoms with Crippen LogP contribution < -0.4 is 4.57 Å². The largest absolute Gasteiger partial charge is 0.256 e. The maximum absolute atomic E-state index is 2.52. The zero-order valence-corrected chi connectivity index (χ0v) is 15.4. The molecule has 128 valence electrons. The zero-order chi connectivity index (χ0) is 16.0. The van der Waals surface area contributed by atoms with Gasteiger partial charge in [-0.15, -0.1) is 0 Å². The Morgan fingerprint density at radius 1 is 0.773 bits per heavy atom. The van der Waals surface area contributed by atoms with Gasteiger partial charge in [-0.25, -0.2) is 9.13 Å². The minimum Gasteiger partial charge on any atom is -0.234 e. The molecule has 1 aromatic rings. The smallest absolute Gasteiger partial charge is 0.234 e. The third-order valence-electron chi connectivity index (χ3n) is 4.57. The van der Waals surface area contributed by atoms with Gasteiger partial charge in [0.15, 0.2) is 0 Å². The highest BCUT2D eigenvalue weighted by Crippen LogP contribution is 2.08. The van der Waals surface area contributed by atoms with Crippen LogP contribution in [0.4, 0.5) is 0 Å². The Bertz CT molecular complexity index is 368. The summed E-state index contributed by atoms with van der Waals surface area (Å²) in [6.45, 7) is 9.29. The molecule has 0 aromatic carbocycles. The normalized spacial score (nSPS) is 11.2. The van der Waals surface area contributed by atoms with Crippen LogP contribution in [-0.2, 0) is 19.5 Å². The molecule has 0 bridgehead atoms. The predicted molar refractivity (Wildman–Crippen MR) is 96.1 cm³/mol. The van der Waals surface area contributed by atoms with Crippen molar-refractivity contribution in [2.45, 2.75) is 111 Å². The number of rotatable bonds is 14. The zero-order valence-electron chi connectivity index (χ0n) is 15.4. The Morgan fingerprint density at radius 2 is 1.41 bits per heavy atom. The van der Waals surface area contributed by atoms with E-state index in [0.29, 0.717) is 0 Å². The van der Waals surface area contributed by atoms with Crippen LogP contribution in [0.25, 0.3) is 0 Å². The van der Waals surface area contributed by atoms with E-state index < -0.39 is 0 Å². The van der Waals surface area contributed by atoms with Crippen molar-refractivity contribution in [1.29, 1.82) is 0 Å². The molecule has 0 amide bonds. The van der Waals surface area contributed by atoms with Crippen molar-refractivity contribution in [3.63, 3.8) is 0 Å². The first kappa shape index (κ1) is 19.3. The fraction of sp³-hybridized carbons (Fsp3) is 0.850. The fourth-order valence-corrected chi connectivity index (χ4v) is 3.19. The number of nitrogens with zero attached hydrogens (tertiary/aromatic N) is 2. The Morgan fingerprint density at radius 3 is 2.09 bits per heavy atom. The molecule has 2 nitrogen and oxygen atoms in total. The molecule has 0 aliphatic heterocycles. The molecule has 0 N–H and O–H groups in total. The Hall–Kier alpha value is -0.790. The van der Waals surface area contributed by atoms with E-state index in [9.17, 15) is 0 Å². The van der Waals surface area contributed by atoms with Gasteiger partial charge in [0.25, 0.3) is 5.82 Å². The second-order valence-electron chi connectivity index (χ2n) is 6.68. The van der Waals surface area contributed by atoms with Gasteiger partial charge < -0.3 is 0 Å². The van der Waals surface area contributed by atoms with Crippen molar-refractivity contribution in [3.8, 4) is 0 Å². The molecule has 1 rings (SSSR count). The van der Waals surface area contributed by atoms with Crippen LogP contribution in [0.3, 0.4) is 0 Å². The van der Waals surface area contributed by atoms with E-state index in [0.717, 1.165) is 0 Å². The second-order valence-corrected chi connectivity index (χ2v) is 6.68. The van der Waals surface area contributed by atoms with Gasteiger partial charge in [-0.2, -0.15) is 0 Å². The highest BCUT2D eigenvalue weighted by Gasteiger charge is 2.15. The summed E-state index contributed by atoms with van der Waals surface area (Å²) in [5, 5.41) is 0. The summed E-state index contributed by atoms with van der Waals surface area (Å²) < 4.78 is 5.03. The standard InChI is InChI=1S/C20H39N2/c1-4-7-9-11-12-14-17-22-19-18-21(20(22)15-6-3)16-13-10-8-5-2/h18-19H,4-17H2,1-3H3/q+1. The predicted octanol–water partition coefficient (Wildman–Crippen LogP) is 5.67. The van der Waals surface area contributed by atoms with Gasteiger partial charge in [0.1, 0.15) is 12.4 Å². The van der Waals surface area contributed by atoms with Crippen molar-refractivity contribution in [1.82, 2.24) is 4.57 Å². The van der Waals surface area contributed by atoms with Gasteiger partial charge in [0.05, 0.1) is 13.1 Å². The maximum Gasteiger partial charge on any atom is 0.256 e. The first-order valence-electron chi connectivity index (χ1n) is 9.90. The van der Waals surface area contributed by atoms with Crippen LogP contribution in [0.15, 0.2) is 12.4 Å². The second kappa shape index (κ2) is 12.7. The van der Waals surface area contributed by atoms with Gasteiger partial charge in [-0.3, -0.25) is 0 Å². The third kappa shape index (κ3) is 7.47. The van der Waals surface area contributed by atoms with Crippen molar-refractivity contribution in [2.24, 2.45) is 0 Å². The molecule has 0 saturated carbocycles. The molecule has 0 radical (unpaired) electrons. The van der Waals surface area contributed by atoms with E-state index in [1.807, 2.05) is 0 Å². The summed E-state index contributed by atoms with van der Waals surface area (Å²) in [5.74, 6) is 1.55. The lowest BCUT2D eigenvalue weighted by Crippen LogP contribution is -2.37. The first-order valence-corrected chi connectivity index (χ1v) is 9.90. The number of hydrogen-bond acceptors (Lipinski definition) is 0. The lowest BCUT2D eigenvalue weighted by molar-refractivity contribution is -0.704. The molecule has 0 unspecified atom stereocenters. The van der Waals surface area contributed by atoms with Crippen molar-refractivity contribution in [3.05, 3.63) is 18.2 Å². The average Bonchev–Trinajstić information content (AvgIpc) is 2.90. The molecule has 0 aliphatic carbocycles. The van der Waals surface area contributed by atoms with E-state index in [2.05, 4.69) is 42.3 Å². The van der Waals surface area contributed by atoms with Crippen LogP contribution in [0.1, 0.15) is 97.2 Å². The Kier molecular flexibility index (Phi) is 11.1. The highest BCUT2D eigenvalue weighted by molar-refractivity contribution is 4.84.